The minimum Gasteiger partial charge on any atom is -0.496 e. The molecule has 0 radical (unpaired) electrons. The van der Waals surface area contributed by atoms with E-state index in [1.807, 2.05) is 18.2 Å². The van der Waals surface area contributed by atoms with Crippen molar-refractivity contribution in [2.75, 3.05) is 7.11 Å². The van der Waals surface area contributed by atoms with E-state index in [2.05, 4.69) is 38.4 Å². The van der Waals surface area contributed by atoms with Crippen LogP contribution in [0.2, 0.25) is 0 Å². The van der Waals surface area contributed by atoms with Gasteiger partial charge in [0.25, 0.3) is 0 Å². The molecule has 1 aromatic carbocycles. The second-order valence-electron chi connectivity index (χ2n) is 2.66. The minimum atomic E-state index is 0.823. The number of rotatable bonds is 3. The Morgan fingerprint density at radius 3 is 2.77 bits per heavy atom. The van der Waals surface area contributed by atoms with Gasteiger partial charge in [0, 0.05) is 6.42 Å². The summed E-state index contributed by atoms with van der Waals surface area (Å²) in [6.07, 6.45) is 0.823. The van der Waals surface area contributed by atoms with Crippen LogP contribution in [0.15, 0.2) is 33.7 Å². The van der Waals surface area contributed by atoms with Crippen molar-refractivity contribution in [2.24, 2.45) is 0 Å². The number of benzene rings is 1. The summed E-state index contributed by atoms with van der Waals surface area (Å²) in [5.41, 5.74) is 1.18. The van der Waals surface area contributed by atoms with Crippen LogP contribution in [0.25, 0.3) is 0 Å². The number of halogens is 2. The maximum absolute atomic E-state index is 5.18. The maximum Gasteiger partial charge on any atom is 0.133 e. The number of hydrogen-bond acceptors (Lipinski definition) is 1. The van der Waals surface area contributed by atoms with Crippen LogP contribution in [0.5, 0.6) is 5.75 Å². The van der Waals surface area contributed by atoms with Crippen molar-refractivity contribution in [3.05, 3.63) is 39.3 Å². The second-order valence-corrected chi connectivity index (χ2v) is 4.64. The van der Waals surface area contributed by atoms with Crippen LogP contribution in [-0.4, -0.2) is 7.11 Å². The minimum absolute atomic E-state index is 0.823. The zero-order chi connectivity index (χ0) is 9.84. The fourth-order valence-electron chi connectivity index (χ4n) is 1.04. The van der Waals surface area contributed by atoms with Crippen molar-refractivity contribution in [1.82, 2.24) is 0 Å². The average molecular weight is 306 g/mol. The Hall–Kier alpha value is -0.280. The molecule has 0 unspecified atom stereocenters. The van der Waals surface area contributed by atoms with E-state index in [0.29, 0.717) is 0 Å². The monoisotopic (exact) mass is 304 g/mol. The molecule has 0 fully saturated rings. The molecule has 0 aliphatic rings. The Labute approximate surface area is 95.1 Å². The standard InChI is InChI=1S/C10H10Br2O/c1-7(11)5-8-3-4-9(12)10(6-8)13-2/h3-4,6H,1,5H2,2H3. The van der Waals surface area contributed by atoms with Gasteiger partial charge in [0.15, 0.2) is 0 Å². The van der Waals surface area contributed by atoms with E-state index in [0.717, 1.165) is 21.1 Å². The van der Waals surface area contributed by atoms with Crippen LogP contribution in [0.3, 0.4) is 0 Å². The number of ether oxygens (including phenoxy) is 1. The fraction of sp³-hybridized carbons (Fsp3) is 0.200. The molecule has 1 rings (SSSR count). The molecule has 70 valence electrons. The first-order chi connectivity index (χ1) is 6.13. The first-order valence-corrected chi connectivity index (χ1v) is 5.38. The van der Waals surface area contributed by atoms with Gasteiger partial charge in [-0.25, -0.2) is 0 Å². The van der Waals surface area contributed by atoms with Crippen molar-refractivity contribution in [2.45, 2.75) is 6.42 Å². The van der Waals surface area contributed by atoms with Crippen molar-refractivity contribution in [1.29, 1.82) is 0 Å². The van der Waals surface area contributed by atoms with Gasteiger partial charge in [-0.3, -0.25) is 0 Å². The first-order valence-electron chi connectivity index (χ1n) is 3.79. The van der Waals surface area contributed by atoms with Crippen LogP contribution in [0, 0.1) is 0 Å². The molecular formula is C10H10Br2O. The third kappa shape index (κ3) is 3.16. The lowest BCUT2D eigenvalue weighted by atomic mass is 10.1. The third-order valence-corrected chi connectivity index (χ3v) is 2.55. The molecule has 0 spiro atoms. The van der Waals surface area contributed by atoms with Gasteiger partial charge in [0.1, 0.15) is 5.75 Å². The van der Waals surface area contributed by atoms with Crippen LogP contribution >= 0.6 is 31.9 Å². The van der Waals surface area contributed by atoms with Crippen molar-refractivity contribution >= 4 is 31.9 Å². The molecule has 0 amide bonds. The maximum atomic E-state index is 5.18. The lowest BCUT2D eigenvalue weighted by Gasteiger charge is -2.05. The summed E-state index contributed by atoms with van der Waals surface area (Å²) in [5, 5.41) is 0. The highest BCUT2D eigenvalue weighted by molar-refractivity contribution is 9.11. The van der Waals surface area contributed by atoms with Crippen molar-refractivity contribution in [3.8, 4) is 5.75 Å². The van der Waals surface area contributed by atoms with Crippen LogP contribution < -0.4 is 4.74 Å². The molecule has 0 heterocycles. The molecule has 0 aromatic heterocycles. The number of allylic oxidation sites excluding steroid dienone is 1. The topological polar surface area (TPSA) is 9.23 Å². The first kappa shape index (κ1) is 10.8. The Morgan fingerprint density at radius 1 is 1.54 bits per heavy atom. The molecule has 0 N–H and O–H groups in total. The highest BCUT2D eigenvalue weighted by Crippen LogP contribution is 2.26. The van der Waals surface area contributed by atoms with Gasteiger partial charge in [-0.1, -0.05) is 28.6 Å². The molecule has 0 aliphatic heterocycles. The summed E-state index contributed by atoms with van der Waals surface area (Å²) in [6, 6.07) is 6.01. The van der Waals surface area contributed by atoms with Crippen molar-refractivity contribution in [3.63, 3.8) is 0 Å². The Kier molecular flexibility index (Phi) is 4.00. The summed E-state index contributed by atoms with van der Waals surface area (Å²) >= 11 is 6.73. The van der Waals surface area contributed by atoms with E-state index in [9.17, 15) is 0 Å². The summed E-state index contributed by atoms with van der Waals surface area (Å²) in [7, 11) is 1.66. The summed E-state index contributed by atoms with van der Waals surface area (Å²) in [4.78, 5) is 0. The fourth-order valence-corrected chi connectivity index (χ4v) is 1.77. The van der Waals surface area contributed by atoms with Crippen LogP contribution in [0.4, 0.5) is 0 Å². The van der Waals surface area contributed by atoms with E-state index >= 15 is 0 Å². The van der Waals surface area contributed by atoms with E-state index in [1.54, 1.807) is 7.11 Å². The number of hydrogen-bond donors (Lipinski definition) is 0. The van der Waals surface area contributed by atoms with Gasteiger partial charge in [-0.2, -0.15) is 0 Å². The predicted octanol–water partition coefficient (Wildman–Crippen LogP) is 3.91. The summed E-state index contributed by atoms with van der Waals surface area (Å²) in [6.45, 7) is 3.79. The van der Waals surface area contributed by atoms with Gasteiger partial charge in [0.2, 0.25) is 0 Å². The van der Waals surface area contributed by atoms with E-state index in [1.165, 1.54) is 5.56 Å². The predicted molar refractivity (Wildman–Crippen MR) is 62.5 cm³/mol. The highest BCUT2D eigenvalue weighted by atomic mass is 79.9. The Balaban J connectivity index is 2.92. The molecule has 0 aliphatic carbocycles. The molecule has 0 saturated heterocycles. The van der Waals surface area contributed by atoms with E-state index in [4.69, 9.17) is 4.74 Å². The molecule has 1 aromatic rings. The van der Waals surface area contributed by atoms with Gasteiger partial charge >= 0.3 is 0 Å². The zero-order valence-electron chi connectivity index (χ0n) is 7.31. The number of methoxy groups -OCH3 is 1. The molecule has 3 heteroatoms. The lowest BCUT2D eigenvalue weighted by Crippen LogP contribution is -1.88. The largest absolute Gasteiger partial charge is 0.496 e. The quantitative estimate of drug-likeness (QED) is 0.823. The Bertz CT molecular complexity index is 321. The summed E-state index contributed by atoms with van der Waals surface area (Å²) < 4.78 is 7.12. The van der Waals surface area contributed by atoms with Gasteiger partial charge < -0.3 is 4.74 Å². The van der Waals surface area contributed by atoms with Crippen LogP contribution in [0.1, 0.15) is 5.56 Å². The van der Waals surface area contributed by atoms with Crippen molar-refractivity contribution < 1.29 is 4.74 Å². The van der Waals surface area contributed by atoms with E-state index < -0.39 is 0 Å². The smallest absolute Gasteiger partial charge is 0.133 e. The van der Waals surface area contributed by atoms with Gasteiger partial charge in [-0.05, 0) is 38.1 Å². The Morgan fingerprint density at radius 2 is 2.23 bits per heavy atom. The zero-order valence-corrected chi connectivity index (χ0v) is 10.5. The molecule has 0 saturated carbocycles. The normalized spacial score (nSPS) is 9.77. The SMILES string of the molecule is C=C(Br)Cc1ccc(Br)c(OC)c1. The third-order valence-electron chi connectivity index (χ3n) is 1.61. The van der Waals surface area contributed by atoms with Crippen LogP contribution in [-0.2, 0) is 6.42 Å². The van der Waals surface area contributed by atoms with Gasteiger partial charge in [0.05, 0.1) is 11.6 Å². The second kappa shape index (κ2) is 4.82. The average Bonchev–Trinajstić information content (AvgIpc) is 2.07. The molecule has 0 atom stereocenters. The van der Waals surface area contributed by atoms with E-state index in [-0.39, 0.29) is 0 Å². The van der Waals surface area contributed by atoms with Gasteiger partial charge in [-0.15, -0.1) is 0 Å². The summed E-state index contributed by atoms with van der Waals surface area (Å²) in [5.74, 6) is 0.853. The highest BCUT2D eigenvalue weighted by Gasteiger charge is 2.01. The molecular weight excluding hydrogens is 296 g/mol. The lowest BCUT2D eigenvalue weighted by molar-refractivity contribution is 0.411. The molecule has 0 bridgehead atoms. The molecule has 13 heavy (non-hydrogen) atoms. The molecule has 1 nitrogen and oxygen atoms in total.